The first-order valence-corrected chi connectivity index (χ1v) is 9.83. The Balaban J connectivity index is 1.87. The molecule has 0 atom stereocenters. The molecule has 0 saturated carbocycles. The topological polar surface area (TPSA) is 188 Å². The van der Waals surface area contributed by atoms with Crippen molar-refractivity contribution in [2.75, 3.05) is 11.6 Å². The molecule has 3 rings (SSSR count). The zero-order chi connectivity index (χ0) is 22.1. The van der Waals surface area contributed by atoms with Crippen molar-refractivity contribution in [3.05, 3.63) is 68.3 Å². The summed E-state index contributed by atoms with van der Waals surface area (Å²) in [5.41, 5.74) is -1.37. The van der Waals surface area contributed by atoms with Crippen LogP contribution in [0.5, 0.6) is 0 Å². The number of carbonyl (C=O) groups is 1. The smallest absolute Gasteiger partial charge is 0.322 e. The van der Waals surface area contributed by atoms with Gasteiger partial charge in [-0.2, -0.15) is 0 Å². The van der Waals surface area contributed by atoms with Crippen molar-refractivity contribution in [3.8, 4) is 11.5 Å². The lowest BCUT2D eigenvalue weighted by molar-refractivity contribution is -0.394. The van der Waals surface area contributed by atoms with Crippen LogP contribution in [0.15, 0.2) is 51.8 Å². The molecule has 1 amide bonds. The van der Waals surface area contributed by atoms with Crippen molar-refractivity contribution in [1.82, 2.24) is 10.2 Å². The second-order valence-corrected chi connectivity index (χ2v) is 7.93. The molecule has 3 aromatic rings. The molecular formula is C16H11N5O8S. The zero-order valence-electron chi connectivity index (χ0n) is 15.0. The molecule has 1 aromatic heterocycles. The van der Waals surface area contributed by atoms with Crippen LogP contribution >= 0.6 is 0 Å². The molecular weight excluding hydrogens is 422 g/mol. The van der Waals surface area contributed by atoms with Crippen LogP contribution in [0.3, 0.4) is 0 Å². The molecule has 0 radical (unpaired) electrons. The monoisotopic (exact) mass is 433 g/mol. The van der Waals surface area contributed by atoms with Gasteiger partial charge in [0.15, 0.2) is 9.84 Å². The maximum absolute atomic E-state index is 12.3. The highest BCUT2D eigenvalue weighted by Gasteiger charge is 2.21. The van der Waals surface area contributed by atoms with Gasteiger partial charge in [-0.1, -0.05) is 11.2 Å². The summed E-state index contributed by atoms with van der Waals surface area (Å²) >= 11 is 0. The number of hydrogen-bond acceptors (Lipinski definition) is 10. The highest BCUT2D eigenvalue weighted by molar-refractivity contribution is 7.90. The number of non-ortho nitro benzene ring substituents is 2. The van der Waals surface area contributed by atoms with Gasteiger partial charge in [0.2, 0.25) is 5.89 Å². The number of aromatic nitrogens is 2. The molecule has 0 bridgehead atoms. The Labute approximate surface area is 167 Å². The molecule has 0 aliphatic rings. The number of nitro groups is 2. The Hall–Kier alpha value is -4.20. The number of sulfone groups is 1. The van der Waals surface area contributed by atoms with E-state index >= 15 is 0 Å². The molecule has 30 heavy (non-hydrogen) atoms. The number of rotatable bonds is 6. The number of nitrogens with one attached hydrogen (secondary N) is 1. The molecule has 0 unspecified atom stereocenters. The molecule has 14 heteroatoms. The fourth-order valence-electron chi connectivity index (χ4n) is 2.36. The molecule has 1 heterocycles. The average Bonchev–Trinajstić information content (AvgIpc) is 3.15. The van der Waals surface area contributed by atoms with Gasteiger partial charge in [0.1, 0.15) is 0 Å². The van der Waals surface area contributed by atoms with E-state index in [2.05, 4.69) is 15.5 Å². The minimum atomic E-state index is -3.47. The largest absolute Gasteiger partial charge is 0.403 e. The van der Waals surface area contributed by atoms with Gasteiger partial charge in [0.05, 0.1) is 26.4 Å². The summed E-state index contributed by atoms with van der Waals surface area (Å²) in [4.78, 5) is 32.5. The van der Waals surface area contributed by atoms with E-state index in [9.17, 15) is 33.4 Å². The second kappa shape index (κ2) is 7.67. The minimum absolute atomic E-state index is 0.0210. The number of hydrogen-bond donors (Lipinski definition) is 1. The normalized spacial score (nSPS) is 11.1. The Kier molecular flexibility index (Phi) is 5.25. The van der Waals surface area contributed by atoms with Crippen molar-refractivity contribution in [1.29, 1.82) is 0 Å². The van der Waals surface area contributed by atoms with Gasteiger partial charge in [0, 0.05) is 24.0 Å². The number of nitrogens with zero attached hydrogens (tertiary/aromatic N) is 4. The first-order valence-electron chi connectivity index (χ1n) is 7.94. The first kappa shape index (κ1) is 20.5. The van der Waals surface area contributed by atoms with Gasteiger partial charge in [0.25, 0.3) is 17.3 Å². The standard InChI is InChI=1S/C16H11N5O8S/c1-30(27,28)13-4-2-3-9(7-13)15-18-19-16(29-15)17-14(22)10-5-11(20(23)24)8-12(6-10)21(25)26/h2-8H,1H3,(H,17,19,22). The summed E-state index contributed by atoms with van der Waals surface area (Å²) < 4.78 is 28.6. The maximum Gasteiger partial charge on any atom is 0.322 e. The quantitative estimate of drug-likeness (QED) is 0.445. The lowest BCUT2D eigenvalue weighted by atomic mass is 10.1. The molecule has 1 N–H and O–H groups in total. The van der Waals surface area contributed by atoms with Gasteiger partial charge in [-0.3, -0.25) is 30.3 Å². The van der Waals surface area contributed by atoms with Crippen molar-refractivity contribution in [2.24, 2.45) is 0 Å². The van der Waals surface area contributed by atoms with E-state index in [1.54, 1.807) is 0 Å². The summed E-state index contributed by atoms with van der Waals surface area (Å²) in [6.07, 6.45) is 1.03. The van der Waals surface area contributed by atoms with Crippen LogP contribution in [0.25, 0.3) is 11.5 Å². The predicted molar refractivity (Wildman–Crippen MR) is 101 cm³/mol. The van der Waals surface area contributed by atoms with Crippen LogP contribution in [0.1, 0.15) is 10.4 Å². The van der Waals surface area contributed by atoms with E-state index < -0.39 is 43.0 Å². The fraction of sp³-hybridized carbons (Fsp3) is 0.0625. The Morgan fingerprint density at radius 2 is 1.67 bits per heavy atom. The van der Waals surface area contributed by atoms with E-state index in [4.69, 9.17) is 4.42 Å². The summed E-state index contributed by atoms with van der Waals surface area (Å²) in [5.74, 6) is -1.05. The third kappa shape index (κ3) is 4.44. The van der Waals surface area contributed by atoms with Crippen LogP contribution in [0, 0.1) is 20.2 Å². The van der Waals surface area contributed by atoms with E-state index in [1.807, 2.05) is 0 Å². The Bertz CT molecular complexity index is 1250. The lowest BCUT2D eigenvalue weighted by Crippen LogP contribution is -2.13. The summed E-state index contributed by atoms with van der Waals surface area (Å²) in [5, 5.41) is 31.4. The van der Waals surface area contributed by atoms with Gasteiger partial charge in [-0.05, 0) is 18.2 Å². The number of anilines is 1. The SMILES string of the molecule is CS(=O)(=O)c1cccc(-c2nnc(NC(=O)c3cc([N+](=O)[O-])cc([N+](=O)[O-])c3)o2)c1. The van der Waals surface area contributed by atoms with Crippen molar-refractivity contribution < 1.29 is 27.5 Å². The number of carbonyl (C=O) groups excluding carboxylic acids is 1. The van der Waals surface area contributed by atoms with E-state index in [-0.39, 0.29) is 21.9 Å². The summed E-state index contributed by atoms with van der Waals surface area (Å²) in [7, 11) is -3.47. The third-order valence-corrected chi connectivity index (χ3v) is 4.85. The third-order valence-electron chi connectivity index (χ3n) is 3.74. The van der Waals surface area contributed by atoms with E-state index in [1.165, 1.54) is 24.3 Å². The minimum Gasteiger partial charge on any atom is -0.403 e. The lowest BCUT2D eigenvalue weighted by Gasteiger charge is -2.02. The molecule has 0 saturated heterocycles. The fourth-order valence-corrected chi connectivity index (χ4v) is 3.02. The highest BCUT2D eigenvalue weighted by Crippen LogP contribution is 2.25. The van der Waals surface area contributed by atoms with Crippen molar-refractivity contribution in [3.63, 3.8) is 0 Å². The van der Waals surface area contributed by atoms with Crippen LogP contribution in [0.2, 0.25) is 0 Å². The van der Waals surface area contributed by atoms with Crippen LogP contribution in [-0.4, -0.2) is 40.6 Å². The number of amides is 1. The number of nitro benzene ring substituents is 2. The second-order valence-electron chi connectivity index (χ2n) is 5.92. The van der Waals surface area contributed by atoms with Crippen LogP contribution in [-0.2, 0) is 9.84 Å². The molecule has 0 spiro atoms. The van der Waals surface area contributed by atoms with E-state index in [0.717, 1.165) is 24.5 Å². The van der Waals surface area contributed by atoms with E-state index in [0.29, 0.717) is 0 Å². The van der Waals surface area contributed by atoms with Gasteiger partial charge >= 0.3 is 6.01 Å². The molecule has 154 valence electrons. The molecule has 13 nitrogen and oxygen atoms in total. The maximum atomic E-state index is 12.3. The van der Waals surface area contributed by atoms with Crippen molar-refractivity contribution in [2.45, 2.75) is 4.90 Å². The van der Waals surface area contributed by atoms with Gasteiger partial charge < -0.3 is 4.42 Å². The Morgan fingerprint density at radius 1 is 1.03 bits per heavy atom. The highest BCUT2D eigenvalue weighted by atomic mass is 32.2. The molecule has 0 aliphatic carbocycles. The van der Waals surface area contributed by atoms with Crippen molar-refractivity contribution >= 4 is 33.1 Å². The van der Waals surface area contributed by atoms with Crippen LogP contribution < -0.4 is 5.32 Å². The predicted octanol–water partition coefficient (Wildman–Crippen LogP) is 2.21. The van der Waals surface area contributed by atoms with Gasteiger partial charge in [-0.15, -0.1) is 5.10 Å². The average molecular weight is 433 g/mol. The number of benzene rings is 2. The molecule has 0 fully saturated rings. The summed E-state index contributed by atoms with van der Waals surface area (Å²) in [6, 6.07) is 7.70. The van der Waals surface area contributed by atoms with Crippen LogP contribution in [0.4, 0.5) is 17.4 Å². The Morgan fingerprint density at radius 3 is 2.23 bits per heavy atom. The van der Waals surface area contributed by atoms with Gasteiger partial charge in [-0.25, -0.2) is 8.42 Å². The first-order chi connectivity index (χ1) is 14.0. The zero-order valence-corrected chi connectivity index (χ0v) is 15.8. The molecule has 2 aromatic carbocycles. The molecule has 0 aliphatic heterocycles. The summed E-state index contributed by atoms with van der Waals surface area (Å²) in [6.45, 7) is 0.